The number of hydrogen-bond acceptors (Lipinski definition) is 3. The molecule has 2 rings (SSSR count). The van der Waals surface area contributed by atoms with Crippen molar-refractivity contribution < 1.29 is 9.90 Å². The Labute approximate surface area is 113 Å². The third-order valence-corrected chi connectivity index (χ3v) is 3.63. The number of carbonyl (C=O) groups excluding carboxylic acids is 1. The van der Waals surface area contributed by atoms with Gasteiger partial charge in [-0.1, -0.05) is 0 Å². The third-order valence-electron chi connectivity index (χ3n) is 2.76. The Morgan fingerprint density at radius 3 is 3.00 bits per heavy atom. The molecule has 0 saturated carbocycles. The summed E-state index contributed by atoms with van der Waals surface area (Å²) in [5.74, 6) is 1.18. The second-order valence-corrected chi connectivity index (χ2v) is 5.25. The van der Waals surface area contributed by atoms with E-state index in [1.807, 2.05) is 0 Å². The van der Waals surface area contributed by atoms with Gasteiger partial charge in [0.25, 0.3) is 0 Å². The van der Waals surface area contributed by atoms with Crippen LogP contribution in [0.2, 0.25) is 0 Å². The zero-order valence-corrected chi connectivity index (χ0v) is 11.4. The fraction of sp³-hybridized carbons (Fsp3) is 0.455. The van der Waals surface area contributed by atoms with Gasteiger partial charge >= 0.3 is 0 Å². The summed E-state index contributed by atoms with van der Waals surface area (Å²) in [6.07, 6.45) is 2.07. The summed E-state index contributed by atoms with van der Waals surface area (Å²) in [6, 6.07) is 1.77. The summed E-state index contributed by atoms with van der Waals surface area (Å²) < 4.78 is 0.783. The van der Waals surface area contributed by atoms with Gasteiger partial charge in [0.05, 0.1) is 6.61 Å². The number of halogens is 2. The van der Waals surface area contributed by atoms with Gasteiger partial charge in [0, 0.05) is 35.1 Å². The molecule has 17 heavy (non-hydrogen) atoms. The largest absolute Gasteiger partial charge is 0.392 e. The Morgan fingerprint density at radius 1 is 1.65 bits per heavy atom. The van der Waals surface area contributed by atoms with Crippen molar-refractivity contribution in [1.29, 1.82) is 0 Å². The van der Waals surface area contributed by atoms with E-state index in [2.05, 4.69) is 20.9 Å². The average Bonchev–Trinajstić information content (AvgIpc) is 2.70. The minimum atomic E-state index is -0.142. The van der Waals surface area contributed by atoms with Crippen LogP contribution in [-0.4, -0.2) is 28.4 Å². The minimum absolute atomic E-state index is 0.0140. The summed E-state index contributed by atoms with van der Waals surface area (Å²) in [4.78, 5) is 17.6. The van der Waals surface area contributed by atoms with E-state index in [0.717, 1.165) is 4.47 Å². The number of nitrogens with zero attached hydrogens (tertiary/aromatic N) is 2. The zero-order valence-electron chi connectivity index (χ0n) is 9.07. The van der Waals surface area contributed by atoms with Crippen molar-refractivity contribution in [3.05, 3.63) is 22.3 Å². The summed E-state index contributed by atoms with van der Waals surface area (Å²) >= 11 is 9.06. The third kappa shape index (κ3) is 2.61. The number of hydrogen-bond donors (Lipinski definition) is 1. The molecule has 1 N–H and O–H groups in total. The van der Waals surface area contributed by atoms with Gasteiger partial charge in [-0.05, 0) is 27.9 Å². The predicted octanol–water partition coefficient (Wildman–Crippen LogP) is 1.93. The van der Waals surface area contributed by atoms with Gasteiger partial charge in [0.2, 0.25) is 5.91 Å². The molecule has 6 heteroatoms. The fourth-order valence-electron chi connectivity index (χ4n) is 1.92. The number of carbonyl (C=O) groups is 1. The molecular weight excluding hydrogens is 307 g/mol. The number of aliphatic hydroxyl groups is 1. The standard InChI is InChI=1S/C11H12BrClN2O2/c12-9-2-8(6-16)11(14-4-9)15-5-7(3-13)1-10(15)17/h2,4,7,16H,1,3,5-6H2. The highest BCUT2D eigenvalue weighted by molar-refractivity contribution is 9.10. The van der Waals surface area contributed by atoms with Crippen LogP contribution in [0.5, 0.6) is 0 Å². The molecule has 2 heterocycles. The lowest BCUT2D eigenvalue weighted by atomic mass is 10.1. The Bertz CT molecular complexity index is 441. The highest BCUT2D eigenvalue weighted by Crippen LogP contribution is 2.28. The van der Waals surface area contributed by atoms with E-state index in [1.54, 1.807) is 17.2 Å². The number of pyridine rings is 1. The molecule has 0 spiro atoms. The quantitative estimate of drug-likeness (QED) is 0.866. The van der Waals surface area contributed by atoms with Crippen LogP contribution in [0.15, 0.2) is 16.7 Å². The number of alkyl halides is 1. The van der Waals surface area contributed by atoms with Gasteiger partial charge in [0.15, 0.2) is 0 Å². The van der Waals surface area contributed by atoms with Crippen LogP contribution >= 0.6 is 27.5 Å². The van der Waals surface area contributed by atoms with Crippen molar-refractivity contribution >= 4 is 39.3 Å². The maximum Gasteiger partial charge on any atom is 0.228 e. The van der Waals surface area contributed by atoms with Crippen molar-refractivity contribution in [3.8, 4) is 0 Å². The smallest absolute Gasteiger partial charge is 0.228 e. The van der Waals surface area contributed by atoms with Crippen LogP contribution in [0, 0.1) is 5.92 Å². The molecule has 4 nitrogen and oxygen atoms in total. The first-order valence-corrected chi connectivity index (χ1v) is 6.60. The molecule has 1 aliphatic heterocycles. The Morgan fingerprint density at radius 2 is 2.41 bits per heavy atom. The molecule has 1 saturated heterocycles. The van der Waals surface area contributed by atoms with E-state index in [9.17, 15) is 9.90 Å². The number of aliphatic hydroxyl groups excluding tert-OH is 1. The predicted molar refractivity (Wildman–Crippen MR) is 69.0 cm³/mol. The SMILES string of the molecule is O=C1CC(CCl)CN1c1ncc(Br)cc1CO. The van der Waals surface area contributed by atoms with Crippen LogP contribution in [0.1, 0.15) is 12.0 Å². The lowest BCUT2D eigenvalue weighted by molar-refractivity contribution is -0.117. The van der Waals surface area contributed by atoms with E-state index in [-0.39, 0.29) is 18.4 Å². The molecule has 1 aromatic rings. The minimum Gasteiger partial charge on any atom is -0.392 e. The molecule has 0 bridgehead atoms. The summed E-state index contributed by atoms with van der Waals surface area (Å²) in [5.41, 5.74) is 0.642. The molecule has 0 radical (unpaired) electrons. The van der Waals surface area contributed by atoms with Gasteiger partial charge < -0.3 is 5.11 Å². The number of aromatic nitrogens is 1. The second-order valence-electron chi connectivity index (χ2n) is 4.02. The van der Waals surface area contributed by atoms with Crippen LogP contribution in [0.25, 0.3) is 0 Å². The maximum atomic E-state index is 11.8. The number of rotatable bonds is 3. The molecule has 92 valence electrons. The highest BCUT2D eigenvalue weighted by atomic mass is 79.9. The molecule has 1 atom stereocenters. The van der Waals surface area contributed by atoms with Crippen LogP contribution in [-0.2, 0) is 11.4 Å². The Kier molecular flexibility index (Phi) is 4.01. The topological polar surface area (TPSA) is 53.4 Å². The zero-order chi connectivity index (χ0) is 12.4. The lowest BCUT2D eigenvalue weighted by Gasteiger charge is -2.18. The fourth-order valence-corrected chi connectivity index (χ4v) is 2.51. The van der Waals surface area contributed by atoms with Crippen LogP contribution in [0.4, 0.5) is 5.82 Å². The van der Waals surface area contributed by atoms with Gasteiger partial charge in [-0.3, -0.25) is 9.69 Å². The Balaban J connectivity index is 2.31. The lowest BCUT2D eigenvalue weighted by Crippen LogP contribution is -2.27. The van der Waals surface area contributed by atoms with Crippen LogP contribution < -0.4 is 4.90 Å². The Hall–Kier alpha value is -0.650. The van der Waals surface area contributed by atoms with Gasteiger partial charge in [-0.15, -0.1) is 11.6 Å². The summed E-state index contributed by atoms with van der Waals surface area (Å²) in [5, 5.41) is 9.29. The number of anilines is 1. The van der Waals surface area contributed by atoms with Crippen molar-refractivity contribution in [2.45, 2.75) is 13.0 Å². The summed E-state index contributed by atoms with van der Waals surface area (Å²) in [7, 11) is 0. The maximum absolute atomic E-state index is 11.8. The molecule has 1 unspecified atom stereocenters. The average molecular weight is 320 g/mol. The van der Waals surface area contributed by atoms with Crippen molar-refractivity contribution in [3.63, 3.8) is 0 Å². The van der Waals surface area contributed by atoms with E-state index < -0.39 is 0 Å². The van der Waals surface area contributed by atoms with Crippen LogP contribution in [0.3, 0.4) is 0 Å². The first-order valence-electron chi connectivity index (χ1n) is 5.27. The van der Waals surface area contributed by atoms with Crippen molar-refractivity contribution in [1.82, 2.24) is 4.98 Å². The molecule has 1 aliphatic rings. The molecular formula is C11H12BrClN2O2. The number of amides is 1. The van der Waals surface area contributed by atoms with Gasteiger partial charge in [0.1, 0.15) is 5.82 Å². The van der Waals surface area contributed by atoms with E-state index in [1.165, 1.54) is 0 Å². The van der Waals surface area contributed by atoms with Gasteiger partial charge in [-0.2, -0.15) is 0 Å². The first-order chi connectivity index (χ1) is 8.15. The molecule has 0 aromatic carbocycles. The first kappa shape index (κ1) is 12.8. The van der Waals surface area contributed by atoms with Crippen molar-refractivity contribution in [2.24, 2.45) is 5.92 Å². The molecule has 1 fully saturated rings. The summed E-state index contributed by atoms with van der Waals surface area (Å²) in [6.45, 7) is 0.432. The highest BCUT2D eigenvalue weighted by Gasteiger charge is 2.31. The van der Waals surface area contributed by atoms with E-state index in [4.69, 9.17) is 11.6 Å². The second kappa shape index (κ2) is 5.33. The molecule has 0 aliphatic carbocycles. The molecule has 1 aromatic heterocycles. The van der Waals surface area contributed by atoms with E-state index in [0.29, 0.717) is 30.2 Å². The normalized spacial score (nSPS) is 20.1. The molecule has 1 amide bonds. The monoisotopic (exact) mass is 318 g/mol. The van der Waals surface area contributed by atoms with Crippen molar-refractivity contribution in [2.75, 3.05) is 17.3 Å². The van der Waals surface area contributed by atoms with E-state index >= 15 is 0 Å². The van der Waals surface area contributed by atoms with Gasteiger partial charge in [-0.25, -0.2) is 4.98 Å².